The molecule has 0 radical (unpaired) electrons. The smallest absolute Gasteiger partial charge is 0.326 e. The molecule has 0 heterocycles. The molecule has 0 saturated carbocycles. The maximum absolute atomic E-state index is 11.6. The average Bonchev–Trinajstić information content (AvgIpc) is 2.38. The summed E-state index contributed by atoms with van der Waals surface area (Å²) in [6.07, 6.45) is 7.37. The third-order valence-electron chi connectivity index (χ3n) is 3.00. The molecule has 0 aromatic heterocycles. The van der Waals surface area contributed by atoms with Gasteiger partial charge in [0.25, 0.3) is 0 Å². The zero-order valence-corrected chi connectivity index (χ0v) is 12.1. The van der Waals surface area contributed by atoms with Crippen molar-refractivity contribution in [3.8, 4) is 0 Å². The molecule has 0 spiro atoms. The molecule has 0 bridgehead atoms. The molecule has 0 aliphatic carbocycles. The number of amides is 1. The number of unbranched alkanes of at least 4 members (excludes halogenated alkanes) is 5. The first-order chi connectivity index (χ1) is 9.11. The van der Waals surface area contributed by atoms with Crippen LogP contribution in [0.5, 0.6) is 0 Å². The number of nitrogens with one attached hydrogen (secondary N) is 1. The fourth-order valence-electron chi connectivity index (χ4n) is 1.83. The molecule has 0 aliphatic heterocycles. The van der Waals surface area contributed by atoms with Gasteiger partial charge in [-0.15, -0.1) is 0 Å². The van der Waals surface area contributed by atoms with E-state index < -0.39 is 12.0 Å². The van der Waals surface area contributed by atoms with Gasteiger partial charge in [-0.05, 0) is 6.42 Å². The zero-order valence-electron chi connectivity index (χ0n) is 12.1. The Hall–Kier alpha value is -1.10. The van der Waals surface area contributed by atoms with Gasteiger partial charge in [-0.3, -0.25) is 4.79 Å². The van der Waals surface area contributed by atoms with Crippen LogP contribution in [-0.2, 0) is 14.3 Å². The summed E-state index contributed by atoms with van der Waals surface area (Å²) >= 11 is 0. The Labute approximate surface area is 115 Å². The molecule has 0 aliphatic rings. The number of rotatable bonds is 12. The highest BCUT2D eigenvalue weighted by Crippen LogP contribution is 2.07. The van der Waals surface area contributed by atoms with Crippen LogP contribution in [0.1, 0.15) is 58.3 Å². The Balaban J connectivity index is 3.71. The van der Waals surface area contributed by atoms with Crippen LogP contribution in [0.15, 0.2) is 0 Å². The molecule has 0 aromatic carbocycles. The first-order valence-corrected chi connectivity index (χ1v) is 7.13. The van der Waals surface area contributed by atoms with E-state index in [1.165, 1.54) is 26.4 Å². The van der Waals surface area contributed by atoms with Crippen molar-refractivity contribution in [1.29, 1.82) is 0 Å². The van der Waals surface area contributed by atoms with E-state index in [4.69, 9.17) is 9.84 Å². The summed E-state index contributed by atoms with van der Waals surface area (Å²) in [7, 11) is 1.51. The molecule has 5 heteroatoms. The molecule has 112 valence electrons. The summed E-state index contributed by atoms with van der Waals surface area (Å²) in [5.41, 5.74) is 0. The van der Waals surface area contributed by atoms with E-state index in [1.54, 1.807) is 0 Å². The summed E-state index contributed by atoms with van der Waals surface area (Å²) in [6.45, 7) is 2.49. The molecule has 19 heavy (non-hydrogen) atoms. The number of carbonyl (C=O) groups excluding carboxylic acids is 1. The highest BCUT2D eigenvalue weighted by Gasteiger charge is 2.18. The van der Waals surface area contributed by atoms with E-state index in [0.717, 1.165) is 19.3 Å². The third-order valence-corrected chi connectivity index (χ3v) is 3.00. The van der Waals surface area contributed by atoms with Gasteiger partial charge in [0.1, 0.15) is 6.04 Å². The lowest BCUT2D eigenvalue weighted by atomic mass is 10.1. The Morgan fingerprint density at radius 3 is 2.37 bits per heavy atom. The van der Waals surface area contributed by atoms with Crippen molar-refractivity contribution in [2.75, 3.05) is 13.7 Å². The van der Waals surface area contributed by atoms with E-state index in [2.05, 4.69) is 12.2 Å². The lowest BCUT2D eigenvalue weighted by Gasteiger charge is -2.13. The van der Waals surface area contributed by atoms with E-state index in [-0.39, 0.29) is 5.91 Å². The van der Waals surface area contributed by atoms with E-state index in [9.17, 15) is 9.59 Å². The van der Waals surface area contributed by atoms with Crippen molar-refractivity contribution in [2.45, 2.75) is 64.3 Å². The lowest BCUT2D eigenvalue weighted by molar-refractivity contribution is -0.142. The number of carboxylic acid groups (broad SMARTS) is 1. The summed E-state index contributed by atoms with van der Waals surface area (Å²) in [6, 6.07) is -0.840. The van der Waals surface area contributed by atoms with Gasteiger partial charge in [-0.1, -0.05) is 39.0 Å². The van der Waals surface area contributed by atoms with Gasteiger partial charge in [-0.25, -0.2) is 4.79 Å². The van der Waals surface area contributed by atoms with Crippen LogP contribution >= 0.6 is 0 Å². The van der Waals surface area contributed by atoms with Gasteiger partial charge in [0.2, 0.25) is 5.91 Å². The Kier molecular flexibility index (Phi) is 11.3. The largest absolute Gasteiger partial charge is 0.480 e. The number of ether oxygens (including phenoxy) is 1. The van der Waals surface area contributed by atoms with E-state index in [1.807, 2.05) is 0 Å². The van der Waals surface area contributed by atoms with Gasteiger partial charge in [0.15, 0.2) is 0 Å². The molecule has 1 unspecified atom stereocenters. The number of carboxylic acids is 1. The lowest BCUT2D eigenvalue weighted by Crippen LogP contribution is -2.41. The minimum atomic E-state index is -1.01. The molecular weight excluding hydrogens is 246 g/mol. The summed E-state index contributed by atoms with van der Waals surface area (Å²) in [4.78, 5) is 22.5. The van der Waals surface area contributed by atoms with Crippen LogP contribution < -0.4 is 5.32 Å². The highest BCUT2D eigenvalue weighted by atomic mass is 16.5. The maximum Gasteiger partial charge on any atom is 0.326 e. The predicted octanol–water partition coefficient (Wildman–Crippen LogP) is 2.34. The quantitative estimate of drug-likeness (QED) is 0.535. The SMILES string of the molecule is CCCCCCCCC(=O)NC(CCOC)C(=O)O. The molecule has 5 nitrogen and oxygen atoms in total. The van der Waals surface area contributed by atoms with Crippen molar-refractivity contribution in [3.63, 3.8) is 0 Å². The number of hydrogen-bond acceptors (Lipinski definition) is 3. The molecule has 0 rings (SSSR count). The van der Waals surface area contributed by atoms with Crippen LogP contribution in [0.4, 0.5) is 0 Å². The van der Waals surface area contributed by atoms with E-state index >= 15 is 0 Å². The topological polar surface area (TPSA) is 75.6 Å². The molecule has 2 N–H and O–H groups in total. The van der Waals surface area contributed by atoms with Gasteiger partial charge < -0.3 is 15.2 Å². The Morgan fingerprint density at radius 2 is 1.79 bits per heavy atom. The third kappa shape index (κ3) is 10.5. The maximum atomic E-state index is 11.6. The van der Waals surface area contributed by atoms with Crippen molar-refractivity contribution >= 4 is 11.9 Å². The Bertz CT molecular complexity index is 256. The van der Waals surface area contributed by atoms with Crippen molar-refractivity contribution < 1.29 is 19.4 Å². The second kappa shape index (κ2) is 12.0. The normalized spacial score (nSPS) is 12.1. The first kappa shape index (κ1) is 17.9. The summed E-state index contributed by atoms with van der Waals surface area (Å²) in [5, 5.41) is 11.5. The van der Waals surface area contributed by atoms with Gasteiger partial charge in [-0.2, -0.15) is 0 Å². The number of hydrogen-bond donors (Lipinski definition) is 2. The van der Waals surface area contributed by atoms with Gasteiger partial charge in [0, 0.05) is 26.6 Å². The van der Waals surface area contributed by atoms with Crippen LogP contribution in [0, 0.1) is 0 Å². The fraction of sp³-hybridized carbons (Fsp3) is 0.857. The van der Waals surface area contributed by atoms with Crippen LogP contribution in [0.2, 0.25) is 0 Å². The van der Waals surface area contributed by atoms with Crippen LogP contribution in [-0.4, -0.2) is 36.7 Å². The van der Waals surface area contributed by atoms with Gasteiger partial charge >= 0.3 is 5.97 Å². The molecule has 0 fully saturated rings. The molecular formula is C14H27NO4. The number of aliphatic carboxylic acids is 1. The predicted molar refractivity (Wildman–Crippen MR) is 74.1 cm³/mol. The second-order valence-electron chi connectivity index (χ2n) is 4.76. The second-order valence-corrected chi connectivity index (χ2v) is 4.76. The van der Waals surface area contributed by atoms with Crippen LogP contribution in [0.3, 0.4) is 0 Å². The van der Waals surface area contributed by atoms with Crippen molar-refractivity contribution in [1.82, 2.24) is 5.32 Å². The zero-order chi connectivity index (χ0) is 14.5. The van der Waals surface area contributed by atoms with Gasteiger partial charge in [0.05, 0.1) is 0 Å². The van der Waals surface area contributed by atoms with Crippen LogP contribution in [0.25, 0.3) is 0 Å². The minimum Gasteiger partial charge on any atom is -0.480 e. The Morgan fingerprint density at radius 1 is 1.16 bits per heavy atom. The van der Waals surface area contributed by atoms with E-state index in [0.29, 0.717) is 19.4 Å². The highest BCUT2D eigenvalue weighted by molar-refractivity contribution is 5.83. The molecule has 1 atom stereocenters. The minimum absolute atomic E-state index is 0.181. The molecule has 0 saturated heterocycles. The molecule has 1 amide bonds. The van der Waals surface area contributed by atoms with Crippen molar-refractivity contribution in [3.05, 3.63) is 0 Å². The summed E-state index contributed by atoms with van der Waals surface area (Å²) < 4.78 is 4.83. The average molecular weight is 273 g/mol. The summed E-state index contributed by atoms with van der Waals surface area (Å²) in [5.74, 6) is -1.19. The number of methoxy groups -OCH3 is 1. The first-order valence-electron chi connectivity index (χ1n) is 7.13. The molecule has 0 aromatic rings. The standard InChI is InChI=1S/C14H27NO4/c1-3-4-5-6-7-8-9-13(16)15-12(14(17)18)10-11-19-2/h12H,3-11H2,1-2H3,(H,15,16)(H,17,18). The fourth-order valence-corrected chi connectivity index (χ4v) is 1.83. The monoisotopic (exact) mass is 273 g/mol. The number of carbonyl (C=O) groups is 2. The van der Waals surface area contributed by atoms with Crippen molar-refractivity contribution in [2.24, 2.45) is 0 Å².